The quantitative estimate of drug-likeness (QED) is 0.777. The summed E-state index contributed by atoms with van der Waals surface area (Å²) in [5, 5.41) is 5.13. The van der Waals surface area contributed by atoms with Gasteiger partial charge in [0, 0.05) is 18.7 Å². The summed E-state index contributed by atoms with van der Waals surface area (Å²) in [5.74, 6) is 1.26. The van der Waals surface area contributed by atoms with E-state index in [1.165, 1.54) is 41.7 Å². The summed E-state index contributed by atoms with van der Waals surface area (Å²) in [5.41, 5.74) is 1.57. The van der Waals surface area contributed by atoms with Gasteiger partial charge in [-0.05, 0) is 49.4 Å². The standard InChI is InChI=1S/C20H24N4O4S/c1-2-11-24-19(25)16-12-17(13-5-3-4-6-13)22-18(16)23-20(24)28-14-7-9-15(10-8-14)29(21,26)27/h7-10,13H,2-6,11-12H2,1H3,(H2,21,26,27). The van der Waals surface area contributed by atoms with Crippen LogP contribution in [0, 0.1) is 5.92 Å². The van der Waals surface area contributed by atoms with Gasteiger partial charge in [-0.1, -0.05) is 19.8 Å². The van der Waals surface area contributed by atoms with Crippen LogP contribution in [-0.4, -0.2) is 23.7 Å². The van der Waals surface area contributed by atoms with Crippen LogP contribution in [0.2, 0.25) is 0 Å². The minimum absolute atomic E-state index is 0.0106. The van der Waals surface area contributed by atoms with Gasteiger partial charge in [-0.15, -0.1) is 0 Å². The zero-order valence-electron chi connectivity index (χ0n) is 16.3. The molecule has 1 aromatic heterocycles. The van der Waals surface area contributed by atoms with Crippen molar-refractivity contribution in [2.45, 2.75) is 56.9 Å². The predicted molar refractivity (Wildman–Crippen MR) is 109 cm³/mol. The Morgan fingerprint density at radius 2 is 1.90 bits per heavy atom. The number of benzene rings is 1. The molecule has 0 atom stereocenters. The van der Waals surface area contributed by atoms with E-state index in [0.29, 0.717) is 36.0 Å². The lowest BCUT2D eigenvalue weighted by atomic mass is 9.98. The molecule has 0 amide bonds. The second-order valence-electron chi connectivity index (χ2n) is 7.53. The number of hydrogen-bond acceptors (Lipinski definition) is 6. The van der Waals surface area contributed by atoms with Crippen LogP contribution in [0.5, 0.6) is 11.8 Å². The molecule has 2 N–H and O–H groups in total. The van der Waals surface area contributed by atoms with E-state index in [0.717, 1.165) is 25.0 Å². The maximum absolute atomic E-state index is 13.1. The van der Waals surface area contributed by atoms with Gasteiger partial charge < -0.3 is 4.74 Å². The maximum atomic E-state index is 13.1. The molecule has 0 unspecified atom stereocenters. The Balaban J connectivity index is 1.68. The molecule has 1 aliphatic heterocycles. The third-order valence-corrected chi connectivity index (χ3v) is 6.38. The van der Waals surface area contributed by atoms with Gasteiger partial charge in [0.2, 0.25) is 10.0 Å². The van der Waals surface area contributed by atoms with Gasteiger partial charge in [-0.25, -0.2) is 18.5 Å². The number of sulfonamides is 1. The molecule has 2 heterocycles. The summed E-state index contributed by atoms with van der Waals surface area (Å²) in [6.45, 7) is 2.45. The summed E-state index contributed by atoms with van der Waals surface area (Å²) < 4.78 is 30.2. The summed E-state index contributed by atoms with van der Waals surface area (Å²) in [6.07, 6.45) is 5.97. The second kappa shape index (κ2) is 7.72. The minimum Gasteiger partial charge on any atom is -0.425 e. The van der Waals surface area contributed by atoms with E-state index in [9.17, 15) is 13.2 Å². The Hall–Kier alpha value is -2.52. The van der Waals surface area contributed by atoms with Crippen molar-refractivity contribution in [2.24, 2.45) is 16.0 Å². The summed E-state index contributed by atoms with van der Waals surface area (Å²) in [7, 11) is -3.78. The van der Waals surface area contributed by atoms with E-state index in [-0.39, 0.29) is 16.5 Å². The molecular weight excluding hydrogens is 392 g/mol. The molecule has 0 bridgehead atoms. The number of nitrogens with zero attached hydrogens (tertiary/aromatic N) is 3. The molecular formula is C20H24N4O4S. The zero-order chi connectivity index (χ0) is 20.6. The number of aliphatic imine (C=N–C) groups is 1. The maximum Gasteiger partial charge on any atom is 0.306 e. The van der Waals surface area contributed by atoms with Gasteiger partial charge in [0.1, 0.15) is 5.75 Å². The van der Waals surface area contributed by atoms with Crippen LogP contribution in [0.25, 0.3) is 0 Å². The van der Waals surface area contributed by atoms with E-state index in [2.05, 4.69) is 9.98 Å². The largest absolute Gasteiger partial charge is 0.425 e. The van der Waals surface area contributed by atoms with Crippen LogP contribution in [0.4, 0.5) is 5.82 Å². The molecule has 0 radical (unpaired) electrons. The number of fused-ring (bicyclic) bond motifs is 1. The number of hydrogen-bond donors (Lipinski definition) is 1. The number of aromatic nitrogens is 2. The van der Waals surface area contributed by atoms with Crippen molar-refractivity contribution in [3.05, 3.63) is 40.2 Å². The topological polar surface area (TPSA) is 117 Å². The lowest BCUT2D eigenvalue weighted by Crippen LogP contribution is -2.26. The smallest absolute Gasteiger partial charge is 0.306 e. The van der Waals surface area contributed by atoms with Gasteiger partial charge in [0.15, 0.2) is 5.82 Å². The van der Waals surface area contributed by atoms with Crippen molar-refractivity contribution in [3.8, 4) is 11.8 Å². The molecule has 4 rings (SSSR count). The first-order valence-corrected chi connectivity index (χ1v) is 11.4. The number of primary sulfonamides is 1. The highest BCUT2D eigenvalue weighted by Gasteiger charge is 2.29. The molecule has 2 aliphatic rings. The monoisotopic (exact) mass is 416 g/mol. The van der Waals surface area contributed by atoms with Crippen LogP contribution in [-0.2, 0) is 23.0 Å². The van der Waals surface area contributed by atoms with Crippen molar-refractivity contribution in [2.75, 3.05) is 0 Å². The third kappa shape index (κ3) is 3.97. The average molecular weight is 417 g/mol. The molecule has 154 valence electrons. The van der Waals surface area contributed by atoms with Crippen LogP contribution in [0.15, 0.2) is 38.9 Å². The van der Waals surface area contributed by atoms with E-state index >= 15 is 0 Å². The Morgan fingerprint density at radius 3 is 2.52 bits per heavy atom. The SMILES string of the molecule is CCCn1c(Oc2ccc(S(N)(=O)=O)cc2)nc2c(c1=O)CC(C1CCCC1)=N2. The van der Waals surface area contributed by atoms with Gasteiger partial charge >= 0.3 is 6.01 Å². The molecule has 0 saturated heterocycles. The van der Waals surface area contributed by atoms with Gasteiger partial charge in [-0.2, -0.15) is 4.98 Å². The van der Waals surface area contributed by atoms with Crippen molar-refractivity contribution in [1.82, 2.24) is 9.55 Å². The van der Waals surface area contributed by atoms with E-state index in [4.69, 9.17) is 9.88 Å². The fraction of sp³-hybridized carbons (Fsp3) is 0.450. The third-order valence-electron chi connectivity index (χ3n) is 5.45. The molecule has 1 fully saturated rings. The van der Waals surface area contributed by atoms with Gasteiger partial charge in [-0.3, -0.25) is 9.36 Å². The molecule has 1 aromatic carbocycles. The van der Waals surface area contributed by atoms with Crippen molar-refractivity contribution in [1.29, 1.82) is 0 Å². The molecule has 29 heavy (non-hydrogen) atoms. The van der Waals surface area contributed by atoms with Crippen LogP contribution in [0.3, 0.4) is 0 Å². The Kier molecular flexibility index (Phi) is 5.26. The summed E-state index contributed by atoms with van der Waals surface area (Å²) in [4.78, 5) is 22.3. The van der Waals surface area contributed by atoms with Crippen LogP contribution in [0.1, 0.15) is 44.6 Å². The first-order valence-electron chi connectivity index (χ1n) is 9.88. The van der Waals surface area contributed by atoms with Gasteiger partial charge in [0.05, 0.1) is 10.5 Å². The lowest BCUT2D eigenvalue weighted by molar-refractivity contribution is 0.395. The number of ether oxygens (including phenoxy) is 1. The lowest BCUT2D eigenvalue weighted by Gasteiger charge is -2.13. The van der Waals surface area contributed by atoms with Crippen LogP contribution < -0.4 is 15.4 Å². The molecule has 2 aromatic rings. The molecule has 8 nitrogen and oxygen atoms in total. The highest BCUT2D eigenvalue weighted by Crippen LogP contribution is 2.34. The van der Waals surface area contributed by atoms with Gasteiger partial charge in [0.25, 0.3) is 5.56 Å². The fourth-order valence-corrected chi connectivity index (χ4v) is 4.48. The zero-order valence-corrected chi connectivity index (χ0v) is 17.1. The van der Waals surface area contributed by atoms with E-state index < -0.39 is 10.0 Å². The van der Waals surface area contributed by atoms with E-state index in [1.54, 1.807) is 0 Å². The Bertz CT molecular complexity index is 1110. The Labute approximate surface area is 169 Å². The van der Waals surface area contributed by atoms with Crippen molar-refractivity contribution < 1.29 is 13.2 Å². The Morgan fingerprint density at radius 1 is 1.21 bits per heavy atom. The highest BCUT2D eigenvalue weighted by molar-refractivity contribution is 7.89. The fourth-order valence-electron chi connectivity index (χ4n) is 3.96. The summed E-state index contributed by atoms with van der Waals surface area (Å²) in [6, 6.07) is 5.86. The highest BCUT2D eigenvalue weighted by atomic mass is 32.2. The molecule has 9 heteroatoms. The predicted octanol–water partition coefficient (Wildman–Crippen LogP) is 2.91. The minimum atomic E-state index is -3.78. The second-order valence-corrected chi connectivity index (χ2v) is 9.09. The van der Waals surface area contributed by atoms with Crippen molar-refractivity contribution in [3.63, 3.8) is 0 Å². The average Bonchev–Trinajstić information content (AvgIpc) is 3.34. The molecule has 1 saturated carbocycles. The number of nitrogens with two attached hydrogens (primary N) is 1. The molecule has 1 aliphatic carbocycles. The van der Waals surface area contributed by atoms with E-state index in [1.807, 2.05) is 6.92 Å². The first-order chi connectivity index (χ1) is 13.9. The number of rotatable bonds is 6. The first kappa shape index (κ1) is 19.8. The normalized spacial score (nSPS) is 16.7. The van der Waals surface area contributed by atoms with Crippen LogP contribution >= 0.6 is 0 Å². The summed E-state index contributed by atoms with van der Waals surface area (Å²) >= 11 is 0. The van der Waals surface area contributed by atoms with Crippen molar-refractivity contribution >= 4 is 21.6 Å². The molecule has 0 spiro atoms.